The molecule has 0 atom stereocenters. The Bertz CT molecular complexity index is 1150. The van der Waals surface area contributed by atoms with Crippen LogP contribution in [0.25, 0.3) is 21.9 Å². The number of para-hydroxylation sites is 1. The van der Waals surface area contributed by atoms with Crippen molar-refractivity contribution >= 4 is 27.8 Å². The largest absolute Gasteiger partial charge is 0.350 e. The second-order valence-corrected chi connectivity index (χ2v) is 5.86. The molecule has 0 spiro atoms. The molecule has 0 bridgehead atoms. The van der Waals surface area contributed by atoms with Gasteiger partial charge in [-0.1, -0.05) is 12.1 Å². The second-order valence-electron chi connectivity index (χ2n) is 5.86. The van der Waals surface area contributed by atoms with Crippen LogP contribution in [0.3, 0.4) is 0 Å². The number of amides is 1. The van der Waals surface area contributed by atoms with Gasteiger partial charge in [0.05, 0.1) is 29.5 Å². The SMILES string of the molecule is O=C(CCn1cnc2ccccc2c1=O)NCc1[nH]nc2ncccc12. The van der Waals surface area contributed by atoms with Crippen LogP contribution in [-0.2, 0) is 17.9 Å². The van der Waals surface area contributed by atoms with Crippen molar-refractivity contribution in [2.24, 2.45) is 0 Å². The number of rotatable bonds is 5. The fourth-order valence-corrected chi connectivity index (χ4v) is 2.80. The number of benzene rings is 1. The highest BCUT2D eigenvalue weighted by Gasteiger charge is 2.09. The van der Waals surface area contributed by atoms with E-state index in [4.69, 9.17) is 0 Å². The number of H-pyrrole nitrogens is 1. The van der Waals surface area contributed by atoms with Gasteiger partial charge >= 0.3 is 0 Å². The van der Waals surface area contributed by atoms with Gasteiger partial charge in [0.1, 0.15) is 0 Å². The van der Waals surface area contributed by atoms with Gasteiger partial charge in [0.2, 0.25) is 5.91 Å². The van der Waals surface area contributed by atoms with E-state index >= 15 is 0 Å². The zero-order chi connectivity index (χ0) is 17.9. The molecule has 4 rings (SSSR count). The van der Waals surface area contributed by atoms with Gasteiger partial charge in [0.15, 0.2) is 5.65 Å². The van der Waals surface area contributed by atoms with E-state index < -0.39 is 0 Å². The maximum absolute atomic E-state index is 12.4. The van der Waals surface area contributed by atoms with Crippen molar-refractivity contribution in [2.75, 3.05) is 0 Å². The number of aromatic nitrogens is 5. The first-order valence-electron chi connectivity index (χ1n) is 8.21. The number of hydrogen-bond donors (Lipinski definition) is 2. The number of nitrogens with one attached hydrogen (secondary N) is 2. The molecule has 8 nitrogen and oxygen atoms in total. The van der Waals surface area contributed by atoms with E-state index in [-0.39, 0.29) is 24.4 Å². The summed E-state index contributed by atoms with van der Waals surface area (Å²) in [5.41, 5.74) is 1.92. The third-order valence-electron chi connectivity index (χ3n) is 4.18. The van der Waals surface area contributed by atoms with E-state index in [9.17, 15) is 9.59 Å². The average Bonchev–Trinajstić information content (AvgIpc) is 3.09. The summed E-state index contributed by atoms with van der Waals surface area (Å²) in [6.07, 6.45) is 3.33. The smallest absolute Gasteiger partial charge is 0.261 e. The maximum Gasteiger partial charge on any atom is 0.261 e. The summed E-state index contributed by atoms with van der Waals surface area (Å²) in [6, 6.07) is 10.9. The number of aromatic amines is 1. The zero-order valence-corrected chi connectivity index (χ0v) is 13.8. The molecule has 0 saturated carbocycles. The van der Waals surface area contributed by atoms with Crippen molar-refractivity contribution in [1.82, 2.24) is 30.0 Å². The molecule has 0 fully saturated rings. The number of hydrogen-bond acceptors (Lipinski definition) is 5. The Morgan fingerprint density at radius 2 is 1.96 bits per heavy atom. The molecule has 0 saturated heterocycles. The molecule has 8 heteroatoms. The number of nitrogens with zero attached hydrogens (tertiary/aromatic N) is 4. The fraction of sp³-hybridized carbons (Fsp3) is 0.167. The minimum absolute atomic E-state index is 0.144. The number of pyridine rings is 1. The lowest BCUT2D eigenvalue weighted by molar-refractivity contribution is -0.121. The van der Waals surface area contributed by atoms with Gasteiger partial charge in [-0.25, -0.2) is 9.97 Å². The normalized spacial score (nSPS) is 11.1. The van der Waals surface area contributed by atoms with E-state index in [1.807, 2.05) is 18.2 Å². The first-order valence-corrected chi connectivity index (χ1v) is 8.21. The minimum atomic E-state index is -0.156. The van der Waals surface area contributed by atoms with Gasteiger partial charge in [0.25, 0.3) is 5.56 Å². The van der Waals surface area contributed by atoms with E-state index in [0.29, 0.717) is 23.1 Å². The number of carbonyl (C=O) groups excluding carboxylic acids is 1. The second kappa shape index (κ2) is 6.75. The van der Waals surface area contributed by atoms with Crippen molar-refractivity contribution < 1.29 is 4.79 Å². The summed E-state index contributed by atoms with van der Waals surface area (Å²) in [5.74, 6) is -0.156. The van der Waals surface area contributed by atoms with E-state index in [1.54, 1.807) is 24.4 Å². The monoisotopic (exact) mass is 348 g/mol. The molecule has 130 valence electrons. The van der Waals surface area contributed by atoms with Gasteiger partial charge in [-0.2, -0.15) is 5.10 Å². The van der Waals surface area contributed by atoms with Crippen molar-refractivity contribution in [3.63, 3.8) is 0 Å². The third-order valence-corrected chi connectivity index (χ3v) is 4.18. The van der Waals surface area contributed by atoms with Crippen molar-refractivity contribution in [2.45, 2.75) is 19.5 Å². The Morgan fingerprint density at radius 3 is 2.88 bits per heavy atom. The van der Waals surface area contributed by atoms with E-state index in [1.165, 1.54) is 10.9 Å². The highest BCUT2D eigenvalue weighted by Crippen LogP contribution is 2.12. The molecule has 1 amide bonds. The van der Waals surface area contributed by atoms with Crippen molar-refractivity contribution in [1.29, 1.82) is 0 Å². The van der Waals surface area contributed by atoms with E-state index in [0.717, 1.165) is 11.1 Å². The van der Waals surface area contributed by atoms with Gasteiger partial charge in [-0.15, -0.1) is 0 Å². The summed E-state index contributed by atoms with van der Waals surface area (Å²) in [6.45, 7) is 0.597. The molecule has 0 aliphatic heterocycles. The van der Waals surface area contributed by atoms with Crippen LogP contribution in [-0.4, -0.2) is 30.6 Å². The van der Waals surface area contributed by atoms with E-state index in [2.05, 4.69) is 25.5 Å². The molecule has 0 radical (unpaired) electrons. The van der Waals surface area contributed by atoms with Crippen LogP contribution in [0, 0.1) is 0 Å². The highest BCUT2D eigenvalue weighted by atomic mass is 16.1. The Hall–Kier alpha value is -3.55. The Morgan fingerprint density at radius 1 is 1.12 bits per heavy atom. The van der Waals surface area contributed by atoms with Crippen LogP contribution in [0.1, 0.15) is 12.1 Å². The summed E-state index contributed by atoms with van der Waals surface area (Å²) in [7, 11) is 0. The first kappa shape index (κ1) is 15.9. The molecule has 26 heavy (non-hydrogen) atoms. The standard InChI is InChI=1S/C18H16N6O2/c25-16(20-10-15-12-5-3-8-19-17(12)23-22-15)7-9-24-11-21-14-6-2-1-4-13(14)18(24)26/h1-6,8,11H,7,9-10H2,(H,20,25)(H,19,22,23). The van der Waals surface area contributed by atoms with Crippen LogP contribution in [0.15, 0.2) is 53.7 Å². The summed E-state index contributed by atoms with van der Waals surface area (Å²) < 4.78 is 1.46. The number of aryl methyl sites for hydroxylation is 1. The number of fused-ring (bicyclic) bond motifs is 2. The molecular formula is C18H16N6O2. The lowest BCUT2D eigenvalue weighted by atomic mass is 10.2. The Balaban J connectivity index is 1.40. The van der Waals surface area contributed by atoms with Crippen LogP contribution in [0.4, 0.5) is 0 Å². The molecular weight excluding hydrogens is 332 g/mol. The molecule has 0 aliphatic rings. The number of carbonyl (C=O) groups is 1. The average molecular weight is 348 g/mol. The Labute approximate surface area is 147 Å². The van der Waals surface area contributed by atoms with Gasteiger partial charge < -0.3 is 5.32 Å². The fourth-order valence-electron chi connectivity index (χ4n) is 2.80. The highest BCUT2D eigenvalue weighted by molar-refractivity contribution is 5.79. The maximum atomic E-state index is 12.4. The molecule has 3 aromatic heterocycles. The van der Waals surface area contributed by atoms with Gasteiger partial charge in [-0.3, -0.25) is 19.3 Å². The Kier molecular flexibility index (Phi) is 4.14. The van der Waals surface area contributed by atoms with Gasteiger partial charge in [0, 0.05) is 24.5 Å². The molecule has 0 aliphatic carbocycles. The topological polar surface area (TPSA) is 106 Å². The van der Waals surface area contributed by atoms with Crippen LogP contribution < -0.4 is 10.9 Å². The lowest BCUT2D eigenvalue weighted by Gasteiger charge is -2.07. The van der Waals surface area contributed by atoms with Crippen molar-refractivity contribution in [3.05, 3.63) is 65.0 Å². The molecule has 4 aromatic rings. The quantitative estimate of drug-likeness (QED) is 0.567. The zero-order valence-electron chi connectivity index (χ0n) is 13.8. The third kappa shape index (κ3) is 3.04. The minimum Gasteiger partial charge on any atom is -0.350 e. The summed E-state index contributed by atoms with van der Waals surface area (Å²) in [4.78, 5) is 32.9. The predicted octanol–water partition coefficient (Wildman–Crippen LogP) is 1.37. The molecule has 2 N–H and O–H groups in total. The van der Waals surface area contributed by atoms with Crippen LogP contribution in [0.5, 0.6) is 0 Å². The molecule has 3 heterocycles. The lowest BCUT2D eigenvalue weighted by Crippen LogP contribution is -2.27. The predicted molar refractivity (Wildman–Crippen MR) is 96.4 cm³/mol. The van der Waals surface area contributed by atoms with Gasteiger partial charge in [-0.05, 0) is 24.3 Å². The summed E-state index contributed by atoms with van der Waals surface area (Å²) in [5, 5.41) is 11.2. The molecule has 0 unspecified atom stereocenters. The summed E-state index contributed by atoms with van der Waals surface area (Å²) >= 11 is 0. The van der Waals surface area contributed by atoms with Crippen LogP contribution in [0.2, 0.25) is 0 Å². The molecule has 1 aromatic carbocycles. The van der Waals surface area contributed by atoms with Crippen molar-refractivity contribution in [3.8, 4) is 0 Å². The van der Waals surface area contributed by atoms with Crippen LogP contribution >= 0.6 is 0 Å². The first-order chi connectivity index (χ1) is 12.7.